The number of ether oxygens (including phenoxy) is 2. The lowest BCUT2D eigenvalue weighted by Crippen LogP contribution is -2.43. The van der Waals surface area contributed by atoms with Crippen molar-refractivity contribution in [2.75, 3.05) is 31.7 Å². The highest BCUT2D eigenvalue weighted by Crippen LogP contribution is 2.26. The minimum absolute atomic E-state index is 0.202. The number of hydrogen-bond donors (Lipinski definition) is 0. The number of nitriles is 1. The molecule has 1 saturated heterocycles. The molecular weight excluding hydrogens is 324 g/mol. The van der Waals surface area contributed by atoms with Crippen molar-refractivity contribution in [3.05, 3.63) is 28.2 Å². The van der Waals surface area contributed by atoms with Gasteiger partial charge in [-0.3, -0.25) is 4.79 Å². The fourth-order valence-corrected chi connectivity index (χ4v) is 2.57. The van der Waals surface area contributed by atoms with Gasteiger partial charge in [-0.2, -0.15) is 5.26 Å². The molecule has 0 aliphatic carbocycles. The Morgan fingerprint density at radius 3 is 3.15 bits per heavy atom. The molecule has 0 saturated carbocycles. The molecule has 6 heteroatoms. The second-order valence-corrected chi connectivity index (χ2v) is 5.41. The predicted octanol–water partition coefficient (Wildman–Crippen LogP) is 2.09. The first kappa shape index (κ1) is 14.8. The molecule has 0 spiro atoms. The fourth-order valence-electron chi connectivity index (χ4n) is 2.20. The van der Waals surface area contributed by atoms with Gasteiger partial charge in [0.1, 0.15) is 6.07 Å². The maximum absolute atomic E-state index is 11.3. The number of morpholine rings is 1. The molecule has 0 bridgehead atoms. The standard InChI is InChI=1S/C14H15BrN2O3/c1-19-14(18)7-12-9-17(4-5-20-12)13-3-2-11(15)6-10(13)8-16/h2-3,6,12H,4-5,7,9H2,1H3/t12-/m1/s1. The topological polar surface area (TPSA) is 62.6 Å². The molecule has 0 amide bonds. The summed E-state index contributed by atoms with van der Waals surface area (Å²) in [7, 11) is 1.37. The average molecular weight is 339 g/mol. The smallest absolute Gasteiger partial charge is 0.308 e. The number of methoxy groups -OCH3 is 1. The minimum atomic E-state index is -0.284. The highest BCUT2D eigenvalue weighted by molar-refractivity contribution is 9.10. The van der Waals surface area contributed by atoms with Crippen LogP contribution in [0.1, 0.15) is 12.0 Å². The molecule has 2 rings (SSSR count). The van der Waals surface area contributed by atoms with Crippen LogP contribution in [-0.2, 0) is 14.3 Å². The zero-order chi connectivity index (χ0) is 14.5. The summed E-state index contributed by atoms with van der Waals surface area (Å²) in [6.07, 6.45) is 0.0252. The Balaban J connectivity index is 2.13. The molecule has 1 aromatic carbocycles. The summed E-state index contributed by atoms with van der Waals surface area (Å²) in [5.74, 6) is -0.284. The number of hydrogen-bond acceptors (Lipinski definition) is 5. The van der Waals surface area contributed by atoms with Crippen molar-refractivity contribution in [3.8, 4) is 6.07 Å². The Hall–Kier alpha value is -1.58. The third kappa shape index (κ3) is 3.50. The van der Waals surface area contributed by atoms with Crippen molar-refractivity contribution in [1.82, 2.24) is 0 Å². The minimum Gasteiger partial charge on any atom is -0.469 e. The van der Waals surface area contributed by atoms with E-state index in [-0.39, 0.29) is 18.5 Å². The van der Waals surface area contributed by atoms with Crippen LogP contribution in [0.15, 0.2) is 22.7 Å². The first-order valence-electron chi connectivity index (χ1n) is 6.27. The fraction of sp³-hybridized carbons (Fsp3) is 0.429. The van der Waals surface area contributed by atoms with E-state index in [1.54, 1.807) is 6.07 Å². The molecule has 1 atom stereocenters. The Labute approximate surface area is 126 Å². The van der Waals surface area contributed by atoms with E-state index in [2.05, 4.69) is 31.6 Å². The summed E-state index contributed by atoms with van der Waals surface area (Å²) in [4.78, 5) is 13.4. The normalized spacial score (nSPS) is 18.4. The number of halogens is 1. The monoisotopic (exact) mass is 338 g/mol. The summed E-state index contributed by atoms with van der Waals surface area (Å²) in [5, 5.41) is 9.22. The number of carbonyl (C=O) groups is 1. The third-order valence-corrected chi connectivity index (χ3v) is 3.67. The molecule has 0 unspecified atom stereocenters. The van der Waals surface area contributed by atoms with Gasteiger partial charge in [0.25, 0.3) is 0 Å². The van der Waals surface area contributed by atoms with Gasteiger partial charge >= 0.3 is 5.97 Å². The molecular formula is C14H15BrN2O3. The van der Waals surface area contributed by atoms with Crippen LogP contribution in [0.3, 0.4) is 0 Å². The molecule has 1 aromatic rings. The van der Waals surface area contributed by atoms with Crippen LogP contribution in [0.25, 0.3) is 0 Å². The molecule has 0 aromatic heterocycles. The summed E-state index contributed by atoms with van der Waals surface area (Å²) >= 11 is 3.36. The van der Waals surface area contributed by atoms with Crippen molar-refractivity contribution in [3.63, 3.8) is 0 Å². The van der Waals surface area contributed by atoms with Crippen molar-refractivity contribution >= 4 is 27.6 Å². The number of esters is 1. The van der Waals surface area contributed by atoms with Gasteiger partial charge in [0.15, 0.2) is 0 Å². The van der Waals surface area contributed by atoms with Gasteiger partial charge in [-0.1, -0.05) is 15.9 Å². The number of rotatable bonds is 3. The Morgan fingerprint density at radius 1 is 1.65 bits per heavy atom. The van der Waals surface area contributed by atoms with E-state index >= 15 is 0 Å². The Morgan fingerprint density at radius 2 is 2.45 bits per heavy atom. The van der Waals surface area contributed by atoms with Crippen LogP contribution in [0.4, 0.5) is 5.69 Å². The number of carbonyl (C=O) groups excluding carboxylic acids is 1. The quantitative estimate of drug-likeness (QED) is 0.789. The summed E-state index contributed by atoms with van der Waals surface area (Å²) in [6, 6.07) is 7.80. The first-order chi connectivity index (χ1) is 9.63. The zero-order valence-electron chi connectivity index (χ0n) is 11.1. The average Bonchev–Trinajstić information content (AvgIpc) is 2.47. The molecule has 0 N–H and O–H groups in total. The predicted molar refractivity (Wildman–Crippen MR) is 77.4 cm³/mol. The summed E-state index contributed by atoms with van der Waals surface area (Å²) in [5.41, 5.74) is 1.48. The van der Waals surface area contributed by atoms with Crippen LogP contribution in [-0.4, -0.2) is 38.9 Å². The molecule has 106 valence electrons. The van der Waals surface area contributed by atoms with Crippen LogP contribution in [0, 0.1) is 11.3 Å². The van der Waals surface area contributed by atoms with Gasteiger partial charge in [-0.15, -0.1) is 0 Å². The summed E-state index contributed by atoms with van der Waals surface area (Å²) < 4.78 is 11.1. The lowest BCUT2D eigenvalue weighted by Gasteiger charge is -2.34. The molecule has 0 radical (unpaired) electrons. The van der Waals surface area contributed by atoms with Gasteiger partial charge in [-0.25, -0.2) is 0 Å². The highest BCUT2D eigenvalue weighted by Gasteiger charge is 2.24. The van der Waals surface area contributed by atoms with Gasteiger partial charge in [-0.05, 0) is 18.2 Å². The molecule has 1 fully saturated rings. The van der Waals surface area contributed by atoms with E-state index in [0.717, 1.165) is 10.2 Å². The van der Waals surface area contributed by atoms with E-state index in [4.69, 9.17) is 4.74 Å². The van der Waals surface area contributed by atoms with E-state index < -0.39 is 0 Å². The largest absolute Gasteiger partial charge is 0.469 e. The number of nitrogens with zero attached hydrogens (tertiary/aromatic N) is 2. The van der Waals surface area contributed by atoms with Crippen LogP contribution >= 0.6 is 15.9 Å². The van der Waals surface area contributed by atoms with E-state index in [9.17, 15) is 10.1 Å². The zero-order valence-corrected chi connectivity index (χ0v) is 12.7. The van der Waals surface area contributed by atoms with Crippen LogP contribution in [0.2, 0.25) is 0 Å². The lowest BCUT2D eigenvalue weighted by molar-refractivity contribution is -0.144. The van der Waals surface area contributed by atoms with Crippen LogP contribution in [0.5, 0.6) is 0 Å². The van der Waals surface area contributed by atoms with E-state index in [1.165, 1.54) is 7.11 Å². The Kier molecular flexibility index (Phi) is 4.99. The second kappa shape index (κ2) is 6.73. The SMILES string of the molecule is COC(=O)C[C@@H]1CN(c2ccc(Br)cc2C#N)CCO1. The van der Waals surface area contributed by atoms with Crippen molar-refractivity contribution < 1.29 is 14.3 Å². The number of benzene rings is 1. The molecule has 1 aliphatic heterocycles. The van der Waals surface area contributed by atoms with Crippen molar-refractivity contribution in [2.24, 2.45) is 0 Å². The van der Waals surface area contributed by atoms with E-state index in [1.807, 2.05) is 12.1 Å². The van der Waals surface area contributed by atoms with Gasteiger partial charge < -0.3 is 14.4 Å². The maximum atomic E-state index is 11.3. The van der Waals surface area contributed by atoms with E-state index in [0.29, 0.717) is 25.3 Å². The maximum Gasteiger partial charge on any atom is 0.308 e. The molecule has 1 aliphatic rings. The van der Waals surface area contributed by atoms with Crippen molar-refractivity contribution in [1.29, 1.82) is 5.26 Å². The van der Waals surface area contributed by atoms with Crippen LogP contribution < -0.4 is 4.90 Å². The number of anilines is 1. The molecule has 20 heavy (non-hydrogen) atoms. The molecule has 1 heterocycles. The lowest BCUT2D eigenvalue weighted by atomic mass is 10.1. The highest BCUT2D eigenvalue weighted by atomic mass is 79.9. The Bertz CT molecular complexity index is 542. The third-order valence-electron chi connectivity index (χ3n) is 3.18. The molecule has 5 nitrogen and oxygen atoms in total. The second-order valence-electron chi connectivity index (χ2n) is 4.49. The first-order valence-corrected chi connectivity index (χ1v) is 7.06. The van der Waals surface area contributed by atoms with Gasteiger partial charge in [0, 0.05) is 17.6 Å². The van der Waals surface area contributed by atoms with Crippen molar-refractivity contribution in [2.45, 2.75) is 12.5 Å². The van der Waals surface area contributed by atoms with Gasteiger partial charge in [0.05, 0.1) is 37.5 Å². The van der Waals surface area contributed by atoms with Gasteiger partial charge in [0.2, 0.25) is 0 Å². The summed E-state index contributed by atoms with van der Waals surface area (Å²) in [6.45, 7) is 1.81.